The van der Waals surface area contributed by atoms with E-state index in [1.54, 1.807) is 6.07 Å². The molecule has 2 aliphatic heterocycles. The molecule has 120 valence electrons. The first-order valence-corrected chi connectivity index (χ1v) is 8.34. The average Bonchev–Trinajstić information content (AvgIpc) is 2.86. The van der Waals surface area contributed by atoms with Gasteiger partial charge in [-0.3, -0.25) is 0 Å². The Morgan fingerprint density at radius 1 is 1.39 bits per heavy atom. The van der Waals surface area contributed by atoms with Crippen molar-refractivity contribution >= 4 is 0 Å². The number of rotatable bonds is 1. The topological polar surface area (TPSA) is 52.9 Å². The Hall–Kier alpha value is -1.94. The maximum Gasteiger partial charge on any atom is 0.165 e. The highest BCUT2D eigenvalue weighted by Crippen LogP contribution is 2.62. The number of hydrogen-bond donors (Lipinski definition) is 2. The van der Waals surface area contributed by atoms with Gasteiger partial charge in [-0.05, 0) is 31.4 Å². The third-order valence-corrected chi connectivity index (χ3v) is 6.36. The molecule has 2 bridgehead atoms. The van der Waals surface area contributed by atoms with E-state index >= 15 is 0 Å². The van der Waals surface area contributed by atoms with Crippen molar-refractivity contribution in [2.75, 3.05) is 6.54 Å². The van der Waals surface area contributed by atoms with Gasteiger partial charge in [-0.1, -0.05) is 24.8 Å². The standard InChI is InChI=1S/C19H21NO3/c1-10(2)20-8-7-19-12-4-6-15(22)18(19)23-17-14(21)5-3-11(16(17)19)9-13(12)20/h3-6,12-13,15,18,21-22H,1,7-9H2,2H3/t12-,13-,15-,18?,19+/m0/s1. The fourth-order valence-corrected chi connectivity index (χ4v) is 5.53. The number of aliphatic hydroxyl groups is 1. The quantitative estimate of drug-likeness (QED) is 0.780. The van der Waals surface area contributed by atoms with Crippen LogP contribution in [0.1, 0.15) is 24.5 Å². The molecule has 0 radical (unpaired) electrons. The Bertz CT molecular complexity index is 755. The van der Waals surface area contributed by atoms with Crippen LogP contribution in [-0.4, -0.2) is 39.9 Å². The molecule has 0 aromatic heterocycles. The summed E-state index contributed by atoms with van der Waals surface area (Å²) < 4.78 is 6.13. The van der Waals surface area contributed by atoms with Crippen LogP contribution in [0.5, 0.6) is 11.5 Å². The van der Waals surface area contributed by atoms with Gasteiger partial charge in [0.15, 0.2) is 11.5 Å². The van der Waals surface area contributed by atoms with Crippen molar-refractivity contribution in [3.63, 3.8) is 0 Å². The van der Waals surface area contributed by atoms with E-state index in [-0.39, 0.29) is 23.2 Å². The predicted octanol–water partition coefficient (Wildman–Crippen LogP) is 2.10. The molecule has 4 heteroatoms. The number of nitrogens with zero attached hydrogens (tertiary/aromatic N) is 1. The number of likely N-dealkylation sites (tertiary alicyclic amines) is 1. The third-order valence-electron chi connectivity index (χ3n) is 6.36. The molecule has 4 aliphatic rings. The number of aromatic hydroxyl groups is 1. The molecule has 1 unspecified atom stereocenters. The highest BCUT2D eigenvalue weighted by molar-refractivity contribution is 5.61. The summed E-state index contributed by atoms with van der Waals surface area (Å²) in [6, 6.07) is 4.10. The van der Waals surface area contributed by atoms with Crippen LogP contribution in [0.15, 0.2) is 36.6 Å². The first kappa shape index (κ1) is 13.5. The molecule has 0 amide bonds. The minimum absolute atomic E-state index is 0.194. The van der Waals surface area contributed by atoms with Crippen LogP contribution in [-0.2, 0) is 11.8 Å². The number of phenolic OH excluding ortho intramolecular Hbond substituents is 1. The smallest absolute Gasteiger partial charge is 0.165 e. The zero-order valence-electron chi connectivity index (χ0n) is 13.2. The maximum absolute atomic E-state index is 10.5. The molecule has 1 aromatic carbocycles. The summed E-state index contributed by atoms with van der Waals surface area (Å²) >= 11 is 0. The van der Waals surface area contributed by atoms with Gasteiger partial charge in [-0.25, -0.2) is 0 Å². The van der Waals surface area contributed by atoms with Gasteiger partial charge in [0.05, 0.1) is 0 Å². The summed E-state index contributed by atoms with van der Waals surface area (Å²) in [5.74, 6) is 1.08. The molecule has 2 aliphatic carbocycles. The van der Waals surface area contributed by atoms with Crippen molar-refractivity contribution in [1.82, 2.24) is 4.90 Å². The molecule has 1 saturated heterocycles. The van der Waals surface area contributed by atoms with Crippen LogP contribution < -0.4 is 4.74 Å². The molecule has 1 spiro atoms. The molecular formula is C19H21NO3. The molecular weight excluding hydrogens is 290 g/mol. The number of phenols is 1. The molecule has 1 aromatic rings. The van der Waals surface area contributed by atoms with E-state index in [0.717, 1.165) is 30.6 Å². The molecule has 0 saturated carbocycles. The van der Waals surface area contributed by atoms with Gasteiger partial charge < -0.3 is 19.8 Å². The molecule has 5 rings (SSSR count). The lowest BCUT2D eigenvalue weighted by atomic mass is 9.53. The Kier molecular flexibility index (Phi) is 2.42. The van der Waals surface area contributed by atoms with Crippen LogP contribution in [0.3, 0.4) is 0 Å². The van der Waals surface area contributed by atoms with E-state index in [1.165, 1.54) is 5.56 Å². The van der Waals surface area contributed by atoms with Crippen molar-refractivity contribution in [2.24, 2.45) is 5.92 Å². The lowest BCUT2D eigenvalue weighted by molar-refractivity contribution is -0.0432. The summed E-state index contributed by atoms with van der Waals surface area (Å²) in [6.07, 6.45) is 4.97. The number of ether oxygens (including phenoxy) is 1. The van der Waals surface area contributed by atoms with Crippen LogP contribution >= 0.6 is 0 Å². The SMILES string of the molecule is C=C(C)N1CC[C@@]23c4c5ccc(O)c4OC2[C@@H](O)C=C[C@H]3[C@@H]1C5. The number of benzene rings is 1. The minimum Gasteiger partial charge on any atom is -0.504 e. The second-order valence-electron chi connectivity index (χ2n) is 7.38. The molecule has 2 N–H and O–H groups in total. The number of hydrogen-bond acceptors (Lipinski definition) is 4. The zero-order valence-corrected chi connectivity index (χ0v) is 13.2. The van der Waals surface area contributed by atoms with Gasteiger partial charge in [0, 0.05) is 35.2 Å². The van der Waals surface area contributed by atoms with E-state index in [9.17, 15) is 10.2 Å². The zero-order chi connectivity index (χ0) is 15.9. The summed E-state index contributed by atoms with van der Waals surface area (Å²) in [6.45, 7) is 7.15. The van der Waals surface area contributed by atoms with Gasteiger partial charge in [0.2, 0.25) is 0 Å². The normalized spacial score (nSPS) is 39.0. The average molecular weight is 311 g/mol. The van der Waals surface area contributed by atoms with Gasteiger partial charge in [0.25, 0.3) is 0 Å². The highest BCUT2D eigenvalue weighted by Gasteiger charge is 2.64. The first-order chi connectivity index (χ1) is 11.0. The Labute approximate surface area is 135 Å². The summed E-state index contributed by atoms with van der Waals surface area (Å²) in [5.41, 5.74) is 3.28. The van der Waals surface area contributed by atoms with E-state index < -0.39 is 6.10 Å². The lowest BCUT2D eigenvalue weighted by Crippen LogP contribution is -2.65. The second kappa shape index (κ2) is 4.12. The minimum atomic E-state index is -0.624. The van der Waals surface area contributed by atoms with Gasteiger partial charge in [-0.2, -0.15) is 0 Å². The van der Waals surface area contributed by atoms with Gasteiger partial charge in [0.1, 0.15) is 12.2 Å². The van der Waals surface area contributed by atoms with Crippen molar-refractivity contribution in [2.45, 2.75) is 43.4 Å². The molecule has 2 heterocycles. The Morgan fingerprint density at radius 2 is 2.22 bits per heavy atom. The van der Waals surface area contributed by atoms with E-state index in [0.29, 0.717) is 11.8 Å². The Morgan fingerprint density at radius 3 is 3.00 bits per heavy atom. The maximum atomic E-state index is 10.5. The highest BCUT2D eigenvalue weighted by atomic mass is 16.5. The largest absolute Gasteiger partial charge is 0.504 e. The molecule has 23 heavy (non-hydrogen) atoms. The third kappa shape index (κ3) is 1.41. The summed E-state index contributed by atoms with van der Waals surface area (Å²) in [7, 11) is 0. The molecule has 1 fully saturated rings. The number of piperidine rings is 1. The first-order valence-electron chi connectivity index (χ1n) is 8.34. The van der Waals surface area contributed by atoms with Crippen LogP contribution in [0.4, 0.5) is 0 Å². The van der Waals surface area contributed by atoms with Crippen molar-refractivity contribution in [3.05, 3.63) is 47.7 Å². The number of allylic oxidation sites excluding steroid dienone is 1. The van der Waals surface area contributed by atoms with Crippen LogP contribution in [0.25, 0.3) is 0 Å². The van der Waals surface area contributed by atoms with Crippen LogP contribution in [0.2, 0.25) is 0 Å². The van der Waals surface area contributed by atoms with Crippen LogP contribution in [0, 0.1) is 5.92 Å². The molecule has 5 atom stereocenters. The Balaban J connectivity index is 1.79. The van der Waals surface area contributed by atoms with E-state index in [1.807, 2.05) is 12.1 Å². The summed E-state index contributed by atoms with van der Waals surface area (Å²) in [5, 5.41) is 20.8. The molecule has 4 nitrogen and oxygen atoms in total. The van der Waals surface area contributed by atoms with Crippen molar-refractivity contribution in [1.29, 1.82) is 0 Å². The predicted molar refractivity (Wildman–Crippen MR) is 86.5 cm³/mol. The monoisotopic (exact) mass is 311 g/mol. The fraction of sp³-hybridized carbons (Fsp3) is 0.474. The van der Waals surface area contributed by atoms with Crippen molar-refractivity contribution in [3.8, 4) is 11.5 Å². The second-order valence-corrected chi connectivity index (χ2v) is 7.38. The van der Waals surface area contributed by atoms with E-state index in [2.05, 4.69) is 24.5 Å². The van der Waals surface area contributed by atoms with Crippen molar-refractivity contribution < 1.29 is 14.9 Å². The van der Waals surface area contributed by atoms with E-state index in [4.69, 9.17) is 4.74 Å². The summed E-state index contributed by atoms with van der Waals surface area (Å²) in [4.78, 5) is 2.41. The van der Waals surface area contributed by atoms with Gasteiger partial charge in [-0.15, -0.1) is 0 Å². The fourth-order valence-electron chi connectivity index (χ4n) is 5.53. The lowest BCUT2D eigenvalue weighted by Gasteiger charge is -2.57. The van der Waals surface area contributed by atoms with Gasteiger partial charge >= 0.3 is 0 Å². The number of aliphatic hydroxyl groups excluding tert-OH is 1.